The van der Waals surface area contributed by atoms with Gasteiger partial charge in [0.05, 0.1) is 17.7 Å². The van der Waals surface area contributed by atoms with Gasteiger partial charge in [0.15, 0.2) is 0 Å². The van der Waals surface area contributed by atoms with Gasteiger partial charge in [0, 0.05) is 23.6 Å². The molecular weight excluding hydrogens is 476 g/mol. The number of hydrogen-bond donors (Lipinski definition) is 3. The highest BCUT2D eigenvalue weighted by Crippen LogP contribution is 2.18. The minimum atomic E-state index is -3.94. The van der Waals surface area contributed by atoms with E-state index in [1.54, 1.807) is 26.0 Å². The lowest BCUT2D eigenvalue weighted by Gasteiger charge is -2.10. The number of anilines is 2. The van der Waals surface area contributed by atoms with Crippen molar-refractivity contribution in [2.45, 2.75) is 25.3 Å². The van der Waals surface area contributed by atoms with Gasteiger partial charge >= 0.3 is 5.69 Å². The summed E-state index contributed by atoms with van der Waals surface area (Å²) in [6.07, 6.45) is 2.42. The van der Waals surface area contributed by atoms with Gasteiger partial charge in [-0.1, -0.05) is 0 Å². The number of nitrogens with zero attached hydrogens (tertiary/aromatic N) is 3. The molecule has 0 radical (unpaired) electrons. The summed E-state index contributed by atoms with van der Waals surface area (Å²) in [6.45, 7) is 3.22. The largest absolute Gasteiger partial charge is 0.467 e. The molecule has 4 rings (SSSR count). The van der Waals surface area contributed by atoms with Gasteiger partial charge in [-0.15, -0.1) is 0 Å². The number of hydrogen-bond acceptors (Lipinski definition) is 8. The van der Waals surface area contributed by atoms with E-state index >= 15 is 0 Å². The summed E-state index contributed by atoms with van der Waals surface area (Å²) >= 11 is 0. The first kappa shape index (κ1) is 23.6. The number of furan rings is 1. The highest BCUT2D eigenvalue weighted by Gasteiger charge is 2.18. The Morgan fingerprint density at radius 1 is 1.11 bits per heavy atom. The molecule has 0 unspecified atom stereocenters. The zero-order chi connectivity index (χ0) is 25.2. The van der Waals surface area contributed by atoms with Crippen LogP contribution in [0, 0.1) is 13.8 Å². The molecule has 4 aromatic rings. The molecule has 13 heteroatoms. The highest BCUT2D eigenvalue weighted by molar-refractivity contribution is 7.92. The summed E-state index contributed by atoms with van der Waals surface area (Å²) < 4.78 is 33.7. The lowest BCUT2D eigenvalue weighted by molar-refractivity contribution is 0.102. The third-order valence-electron chi connectivity index (χ3n) is 4.83. The molecule has 0 aliphatic rings. The SMILES string of the molecule is Cc1cc(NS(=O)(=O)c2ccc(NC(=O)c3c[nH]c(=O)n(Cc4ccco4)c3=O)cc2)nc(C)n1. The van der Waals surface area contributed by atoms with Gasteiger partial charge in [-0.05, 0) is 50.2 Å². The molecule has 3 aromatic heterocycles. The maximum atomic E-state index is 12.7. The maximum Gasteiger partial charge on any atom is 0.328 e. The van der Waals surface area contributed by atoms with Crippen molar-refractivity contribution in [3.63, 3.8) is 0 Å². The van der Waals surface area contributed by atoms with Crippen LogP contribution in [0.3, 0.4) is 0 Å². The predicted octanol–water partition coefficient (Wildman–Crippen LogP) is 1.64. The fourth-order valence-electron chi connectivity index (χ4n) is 3.26. The van der Waals surface area contributed by atoms with E-state index < -0.39 is 27.2 Å². The maximum absolute atomic E-state index is 12.7. The molecule has 0 bridgehead atoms. The van der Waals surface area contributed by atoms with Gasteiger partial charge in [0.25, 0.3) is 21.5 Å². The Bertz CT molecular complexity index is 1590. The number of nitrogens with one attached hydrogen (secondary N) is 3. The number of benzene rings is 1. The normalized spacial score (nSPS) is 11.3. The van der Waals surface area contributed by atoms with Crippen LogP contribution in [0.5, 0.6) is 0 Å². The first-order valence-corrected chi connectivity index (χ1v) is 11.7. The van der Waals surface area contributed by atoms with E-state index in [-0.39, 0.29) is 28.5 Å². The van der Waals surface area contributed by atoms with Crippen LogP contribution in [0.1, 0.15) is 27.6 Å². The Morgan fingerprint density at radius 3 is 2.51 bits per heavy atom. The van der Waals surface area contributed by atoms with Crippen LogP contribution in [-0.4, -0.2) is 33.8 Å². The Hall–Kier alpha value is -4.52. The van der Waals surface area contributed by atoms with Crippen LogP contribution in [0.25, 0.3) is 0 Å². The first-order chi connectivity index (χ1) is 16.6. The Morgan fingerprint density at radius 2 is 1.86 bits per heavy atom. The molecule has 3 heterocycles. The van der Waals surface area contributed by atoms with E-state index in [4.69, 9.17) is 4.42 Å². The second-order valence-corrected chi connectivity index (χ2v) is 9.19. The van der Waals surface area contributed by atoms with Crippen LogP contribution in [0.15, 0.2) is 73.8 Å². The van der Waals surface area contributed by atoms with Crippen molar-refractivity contribution in [3.05, 3.63) is 98.6 Å². The average Bonchev–Trinajstić information content (AvgIpc) is 3.29. The molecule has 0 fully saturated rings. The molecule has 0 atom stereocenters. The van der Waals surface area contributed by atoms with E-state index in [0.29, 0.717) is 17.3 Å². The number of aromatic amines is 1. The molecular formula is C22H20N6O6S. The summed E-state index contributed by atoms with van der Waals surface area (Å²) in [5.74, 6) is 0.149. The highest BCUT2D eigenvalue weighted by atomic mass is 32.2. The Labute approximate surface area is 198 Å². The van der Waals surface area contributed by atoms with Crippen molar-refractivity contribution in [2.75, 3.05) is 10.0 Å². The lowest BCUT2D eigenvalue weighted by Crippen LogP contribution is -2.39. The summed E-state index contributed by atoms with van der Waals surface area (Å²) in [4.78, 5) is 47.9. The Balaban J connectivity index is 1.51. The van der Waals surface area contributed by atoms with E-state index in [1.165, 1.54) is 36.6 Å². The van der Waals surface area contributed by atoms with Crippen molar-refractivity contribution in [3.8, 4) is 0 Å². The monoisotopic (exact) mass is 496 g/mol. The minimum Gasteiger partial charge on any atom is -0.467 e. The average molecular weight is 497 g/mol. The number of aryl methyl sites for hydroxylation is 2. The molecule has 0 aliphatic heterocycles. The van der Waals surface area contributed by atoms with Crippen LogP contribution in [0.2, 0.25) is 0 Å². The zero-order valence-corrected chi connectivity index (χ0v) is 19.4. The number of carbonyl (C=O) groups excluding carboxylic acids is 1. The van der Waals surface area contributed by atoms with Crippen molar-refractivity contribution in [1.82, 2.24) is 19.5 Å². The smallest absolute Gasteiger partial charge is 0.328 e. The standard InChI is InChI=1S/C22H20N6O6S/c1-13-10-19(25-14(2)24-13)27-35(32,33)17-7-5-15(6-8-17)26-20(29)18-11-23-22(31)28(21(18)30)12-16-4-3-9-34-16/h3-11H,12H2,1-2H3,(H,23,31)(H,26,29)(H,24,25,27). The number of aromatic nitrogens is 4. The van der Waals surface area contributed by atoms with Crippen molar-refractivity contribution < 1.29 is 17.6 Å². The van der Waals surface area contributed by atoms with Crippen LogP contribution >= 0.6 is 0 Å². The minimum absolute atomic E-state index is 0.0609. The molecule has 3 N–H and O–H groups in total. The van der Waals surface area contributed by atoms with Crippen LogP contribution in [-0.2, 0) is 16.6 Å². The molecule has 1 aromatic carbocycles. The second-order valence-electron chi connectivity index (χ2n) is 7.50. The van der Waals surface area contributed by atoms with Crippen molar-refractivity contribution in [1.29, 1.82) is 0 Å². The predicted molar refractivity (Wildman–Crippen MR) is 126 cm³/mol. The van der Waals surface area contributed by atoms with E-state index in [1.807, 2.05) is 0 Å². The molecule has 0 saturated heterocycles. The Kier molecular flexibility index (Phi) is 6.34. The number of H-pyrrole nitrogens is 1. The molecule has 35 heavy (non-hydrogen) atoms. The summed E-state index contributed by atoms with van der Waals surface area (Å²) in [5, 5.41) is 2.51. The first-order valence-electron chi connectivity index (χ1n) is 10.2. The summed E-state index contributed by atoms with van der Waals surface area (Å²) in [6, 6.07) is 10.0. The van der Waals surface area contributed by atoms with Gasteiger partial charge in [0.2, 0.25) is 0 Å². The molecule has 12 nitrogen and oxygen atoms in total. The third kappa shape index (κ3) is 5.35. The zero-order valence-electron chi connectivity index (χ0n) is 18.6. The number of sulfonamides is 1. The number of amides is 1. The fraction of sp³-hybridized carbons (Fsp3) is 0.136. The summed E-state index contributed by atoms with van der Waals surface area (Å²) in [7, 11) is -3.94. The van der Waals surface area contributed by atoms with Gasteiger partial charge < -0.3 is 14.7 Å². The molecule has 180 valence electrons. The molecule has 0 saturated carbocycles. The molecule has 1 amide bonds. The number of carbonyl (C=O) groups is 1. The van der Waals surface area contributed by atoms with E-state index in [9.17, 15) is 22.8 Å². The van der Waals surface area contributed by atoms with Crippen molar-refractivity contribution >= 4 is 27.4 Å². The lowest BCUT2D eigenvalue weighted by atomic mass is 10.2. The molecule has 0 spiro atoms. The van der Waals surface area contributed by atoms with Crippen LogP contribution in [0.4, 0.5) is 11.5 Å². The summed E-state index contributed by atoms with van der Waals surface area (Å²) in [5.41, 5.74) is -0.950. The second kappa shape index (κ2) is 9.38. The van der Waals surface area contributed by atoms with Gasteiger partial charge in [-0.3, -0.25) is 18.9 Å². The van der Waals surface area contributed by atoms with Gasteiger partial charge in [0.1, 0.15) is 23.0 Å². The number of rotatable bonds is 7. The van der Waals surface area contributed by atoms with E-state index in [0.717, 1.165) is 10.8 Å². The topological polar surface area (TPSA) is 169 Å². The van der Waals surface area contributed by atoms with E-state index in [2.05, 4.69) is 25.0 Å². The van der Waals surface area contributed by atoms with Gasteiger partial charge in [-0.25, -0.2) is 23.2 Å². The third-order valence-corrected chi connectivity index (χ3v) is 6.20. The quantitative estimate of drug-likeness (QED) is 0.347. The van der Waals surface area contributed by atoms with Crippen molar-refractivity contribution in [2.24, 2.45) is 0 Å². The van der Waals surface area contributed by atoms with Gasteiger partial charge in [-0.2, -0.15) is 0 Å². The molecule has 0 aliphatic carbocycles. The van der Waals surface area contributed by atoms with Crippen LogP contribution < -0.4 is 21.3 Å². The fourth-order valence-corrected chi connectivity index (χ4v) is 4.25.